The molecule has 122 valence electrons. The lowest BCUT2D eigenvalue weighted by Gasteiger charge is -2.15. The summed E-state index contributed by atoms with van der Waals surface area (Å²) in [4.78, 5) is 0. The monoisotopic (exact) mass is 313 g/mol. The van der Waals surface area contributed by atoms with Crippen molar-refractivity contribution in [2.24, 2.45) is 0 Å². The molecule has 0 unspecified atom stereocenters. The Balaban J connectivity index is 1.77. The van der Waals surface area contributed by atoms with Gasteiger partial charge in [0.05, 0.1) is 21.3 Å². The van der Waals surface area contributed by atoms with Crippen molar-refractivity contribution in [1.82, 2.24) is 0 Å². The highest BCUT2D eigenvalue weighted by atomic mass is 16.5. The molecule has 0 saturated heterocycles. The van der Waals surface area contributed by atoms with Gasteiger partial charge in [-0.15, -0.1) is 0 Å². The first-order valence-electron chi connectivity index (χ1n) is 7.89. The molecular weight excluding hydrogens is 290 g/mol. The molecule has 2 aromatic rings. The Hall–Kier alpha value is -2.36. The maximum Gasteiger partial charge on any atom is 0.203 e. The van der Waals surface area contributed by atoms with Crippen LogP contribution in [-0.2, 0) is 19.4 Å². The molecule has 0 spiro atoms. The summed E-state index contributed by atoms with van der Waals surface area (Å²) in [6.45, 7) is 0.704. The van der Waals surface area contributed by atoms with Gasteiger partial charge in [0.15, 0.2) is 11.5 Å². The highest BCUT2D eigenvalue weighted by Gasteiger charge is 2.14. The molecule has 1 N–H and O–H groups in total. The number of rotatable bonds is 6. The van der Waals surface area contributed by atoms with Gasteiger partial charge in [0.25, 0.3) is 0 Å². The molecule has 0 radical (unpaired) electrons. The third kappa shape index (κ3) is 3.21. The molecule has 0 heterocycles. The van der Waals surface area contributed by atoms with Gasteiger partial charge >= 0.3 is 0 Å². The second kappa shape index (κ2) is 6.82. The van der Waals surface area contributed by atoms with E-state index < -0.39 is 0 Å². The summed E-state index contributed by atoms with van der Waals surface area (Å²) in [7, 11) is 4.88. The summed E-state index contributed by atoms with van der Waals surface area (Å²) >= 11 is 0. The Kier molecular flexibility index (Phi) is 4.60. The predicted molar refractivity (Wildman–Crippen MR) is 91.9 cm³/mol. The molecule has 0 aliphatic heterocycles. The topological polar surface area (TPSA) is 39.7 Å². The molecule has 23 heavy (non-hydrogen) atoms. The number of hydrogen-bond acceptors (Lipinski definition) is 4. The van der Waals surface area contributed by atoms with E-state index >= 15 is 0 Å². The highest BCUT2D eigenvalue weighted by Crippen LogP contribution is 2.38. The molecule has 0 saturated carbocycles. The molecule has 2 aromatic carbocycles. The van der Waals surface area contributed by atoms with Gasteiger partial charge in [-0.2, -0.15) is 0 Å². The molecule has 0 fully saturated rings. The van der Waals surface area contributed by atoms with Crippen LogP contribution in [0.5, 0.6) is 17.2 Å². The summed E-state index contributed by atoms with van der Waals surface area (Å²) < 4.78 is 16.2. The molecule has 0 amide bonds. The minimum Gasteiger partial charge on any atom is -0.493 e. The standard InChI is InChI=1S/C19H23NO3/c1-21-17-9-13(10-18(22-2)19(17)23-3)12-20-16-8-7-14-5-4-6-15(14)11-16/h7-11,20H,4-6,12H2,1-3H3. The second-order valence-electron chi connectivity index (χ2n) is 5.72. The van der Waals surface area contributed by atoms with E-state index in [1.54, 1.807) is 21.3 Å². The summed E-state index contributed by atoms with van der Waals surface area (Å²) in [5, 5.41) is 3.48. The number of fused-ring (bicyclic) bond motifs is 1. The smallest absolute Gasteiger partial charge is 0.203 e. The van der Waals surface area contributed by atoms with Crippen LogP contribution < -0.4 is 19.5 Å². The molecule has 3 rings (SSSR count). The fourth-order valence-electron chi connectivity index (χ4n) is 3.12. The van der Waals surface area contributed by atoms with E-state index in [2.05, 4.69) is 23.5 Å². The average Bonchev–Trinajstić information content (AvgIpc) is 3.06. The largest absolute Gasteiger partial charge is 0.493 e. The van der Waals surface area contributed by atoms with Crippen LogP contribution in [0, 0.1) is 0 Å². The molecule has 1 aliphatic carbocycles. The zero-order valence-corrected chi connectivity index (χ0v) is 13.9. The second-order valence-corrected chi connectivity index (χ2v) is 5.72. The van der Waals surface area contributed by atoms with E-state index in [1.807, 2.05) is 12.1 Å². The Morgan fingerprint density at radius 2 is 1.57 bits per heavy atom. The van der Waals surface area contributed by atoms with Crippen LogP contribution in [0.2, 0.25) is 0 Å². The van der Waals surface area contributed by atoms with Crippen molar-refractivity contribution in [3.63, 3.8) is 0 Å². The van der Waals surface area contributed by atoms with Crippen LogP contribution in [0.4, 0.5) is 5.69 Å². The normalized spacial score (nSPS) is 12.7. The molecule has 0 aromatic heterocycles. The predicted octanol–water partition coefficient (Wildman–Crippen LogP) is 3.81. The number of anilines is 1. The molecule has 4 heteroatoms. The zero-order valence-electron chi connectivity index (χ0n) is 13.9. The minimum absolute atomic E-state index is 0.622. The van der Waals surface area contributed by atoms with Gasteiger partial charge < -0.3 is 19.5 Å². The highest BCUT2D eigenvalue weighted by molar-refractivity contribution is 5.55. The van der Waals surface area contributed by atoms with E-state index in [9.17, 15) is 0 Å². The molecular formula is C19H23NO3. The van der Waals surface area contributed by atoms with Crippen LogP contribution in [0.3, 0.4) is 0 Å². The molecule has 4 nitrogen and oxygen atoms in total. The van der Waals surface area contributed by atoms with E-state index in [0.29, 0.717) is 23.8 Å². The Labute approximate surface area is 137 Å². The molecule has 0 atom stereocenters. The molecule has 0 bridgehead atoms. The van der Waals surface area contributed by atoms with Gasteiger partial charge in [-0.3, -0.25) is 0 Å². The first kappa shape index (κ1) is 15.5. The van der Waals surface area contributed by atoms with Crippen LogP contribution in [0.1, 0.15) is 23.1 Å². The molecule has 1 aliphatic rings. The minimum atomic E-state index is 0.622. The number of benzene rings is 2. The van der Waals surface area contributed by atoms with Crippen molar-refractivity contribution in [3.05, 3.63) is 47.0 Å². The van der Waals surface area contributed by atoms with Gasteiger partial charge in [-0.05, 0) is 60.2 Å². The van der Waals surface area contributed by atoms with Gasteiger partial charge in [-0.1, -0.05) is 6.07 Å². The maximum absolute atomic E-state index is 5.40. The fourth-order valence-corrected chi connectivity index (χ4v) is 3.12. The van der Waals surface area contributed by atoms with Crippen LogP contribution in [-0.4, -0.2) is 21.3 Å². The third-order valence-corrected chi connectivity index (χ3v) is 4.32. The number of aryl methyl sites for hydroxylation is 2. The lowest BCUT2D eigenvalue weighted by Crippen LogP contribution is -2.02. The summed E-state index contributed by atoms with van der Waals surface area (Å²) in [5.41, 5.74) is 5.20. The lowest BCUT2D eigenvalue weighted by atomic mass is 10.1. The summed E-state index contributed by atoms with van der Waals surface area (Å²) in [6.07, 6.45) is 3.67. The number of nitrogens with one attached hydrogen (secondary N) is 1. The SMILES string of the molecule is COc1cc(CNc2ccc3c(c2)CCC3)cc(OC)c1OC. The lowest BCUT2D eigenvalue weighted by molar-refractivity contribution is 0.324. The Bertz CT molecular complexity index is 672. The van der Waals surface area contributed by atoms with Crippen molar-refractivity contribution >= 4 is 5.69 Å². The third-order valence-electron chi connectivity index (χ3n) is 4.32. The Morgan fingerprint density at radius 3 is 2.22 bits per heavy atom. The van der Waals surface area contributed by atoms with Crippen LogP contribution in [0.15, 0.2) is 30.3 Å². The van der Waals surface area contributed by atoms with Crippen molar-refractivity contribution < 1.29 is 14.2 Å². The van der Waals surface area contributed by atoms with Crippen molar-refractivity contribution in [1.29, 1.82) is 0 Å². The summed E-state index contributed by atoms with van der Waals surface area (Å²) in [5.74, 6) is 1.98. The van der Waals surface area contributed by atoms with Gasteiger partial charge in [0, 0.05) is 12.2 Å². The first-order chi connectivity index (χ1) is 11.2. The van der Waals surface area contributed by atoms with Crippen molar-refractivity contribution in [2.45, 2.75) is 25.8 Å². The zero-order chi connectivity index (χ0) is 16.2. The van der Waals surface area contributed by atoms with E-state index in [1.165, 1.54) is 30.4 Å². The number of ether oxygens (including phenoxy) is 3. The van der Waals surface area contributed by atoms with Crippen LogP contribution >= 0.6 is 0 Å². The quantitative estimate of drug-likeness (QED) is 0.880. The first-order valence-corrected chi connectivity index (χ1v) is 7.89. The average molecular weight is 313 g/mol. The number of methoxy groups -OCH3 is 3. The number of hydrogen-bond donors (Lipinski definition) is 1. The van der Waals surface area contributed by atoms with E-state index in [4.69, 9.17) is 14.2 Å². The van der Waals surface area contributed by atoms with Crippen LogP contribution in [0.25, 0.3) is 0 Å². The van der Waals surface area contributed by atoms with Gasteiger partial charge in [-0.25, -0.2) is 0 Å². The fraction of sp³-hybridized carbons (Fsp3) is 0.368. The maximum atomic E-state index is 5.40. The van der Waals surface area contributed by atoms with Crippen molar-refractivity contribution in [3.8, 4) is 17.2 Å². The van der Waals surface area contributed by atoms with E-state index in [-0.39, 0.29) is 0 Å². The van der Waals surface area contributed by atoms with Gasteiger partial charge in [0.1, 0.15) is 0 Å². The Morgan fingerprint density at radius 1 is 0.870 bits per heavy atom. The summed E-state index contributed by atoms with van der Waals surface area (Å²) in [6, 6.07) is 10.6. The van der Waals surface area contributed by atoms with Crippen molar-refractivity contribution in [2.75, 3.05) is 26.6 Å². The van der Waals surface area contributed by atoms with E-state index in [0.717, 1.165) is 11.3 Å². The van der Waals surface area contributed by atoms with Gasteiger partial charge in [0.2, 0.25) is 5.75 Å².